The lowest BCUT2D eigenvalue weighted by atomic mass is 9.94. The monoisotopic (exact) mass is 448 g/mol. The lowest BCUT2D eigenvalue weighted by molar-refractivity contribution is 0.0697. The molecule has 6 heteroatoms. The summed E-state index contributed by atoms with van der Waals surface area (Å²) in [5, 5.41) is 10.5. The van der Waals surface area contributed by atoms with Gasteiger partial charge >= 0.3 is 5.97 Å². The second-order valence-electron chi connectivity index (χ2n) is 8.95. The van der Waals surface area contributed by atoms with Crippen LogP contribution < -0.4 is 0 Å². The predicted octanol–water partition coefficient (Wildman–Crippen LogP) is 6.52. The number of carboxylic acid groups (broad SMARTS) is 1. The molecule has 0 bridgehead atoms. The Morgan fingerprint density at radius 3 is 2.56 bits per heavy atom. The summed E-state index contributed by atoms with van der Waals surface area (Å²) < 4.78 is 2.33. The van der Waals surface area contributed by atoms with E-state index in [1.54, 1.807) is 18.3 Å². The van der Waals surface area contributed by atoms with Crippen LogP contribution in [0, 0.1) is 0 Å². The molecule has 3 aromatic heterocycles. The number of rotatable bonds is 4. The highest BCUT2D eigenvalue weighted by Gasteiger charge is 2.23. The maximum absolute atomic E-state index is 11.5. The van der Waals surface area contributed by atoms with Crippen molar-refractivity contribution in [2.75, 3.05) is 0 Å². The zero-order valence-electron chi connectivity index (χ0n) is 18.7. The number of carboxylic acids is 1. The molecule has 0 saturated heterocycles. The number of pyridine rings is 2. The van der Waals surface area contributed by atoms with Crippen LogP contribution in [0.2, 0.25) is 0 Å². The molecule has 5 aromatic rings. The normalized spacial score (nSPS) is 14.6. The zero-order chi connectivity index (χ0) is 23.1. The molecule has 168 valence electrons. The number of benzene rings is 2. The predicted molar refractivity (Wildman–Crippen MR) is 133 cm³/mol. The van der Waals surface area contributed by atoms with Crippen LogP contribution in [-0.4, -0.2) is 30.6 Å². The van der Waals surface area contributed by atoms with Gasteiger partial charge in [-0.05, 0) is 67.4 Å². The van der Waals surface area contributed by atoms with Gasteiger partial charge in [0.05, 0.1) is 27.8 Å². The smallest absolute Gasteiger partial charge is 0.335 e. The minimum absolute atomic E-state index is 0.262. The first-order valence-electron chi connectivity index (χ1n) is 11.7. The van der Waals surface area contributed by atoms with Gasteiger partial charge in [-0.2, -0.15) is 0 Å². The van der Waals surface area contributed by atoms with Crippen molar-refractivity contribution < 1.29 is 9.90 Å². The quantitative estimate of drug-likeness (QED) is 0.339. The maximum atomic E-state index is 11.5. The summed E-state index contributed by atoms with van der Waals surface area (Å²) in [6.45, 7) is 0. The number of carbonyl (C=O) groups is 1. The van der Waals surface area contributed by atoms with E-state index in [-0.39, 0.29) is 5.56 Å². The van der Waals surface area contributed by atoms with Crippen LogP contribution in [0.4, 0.5) is 0 Å². The standard InChI is InChI=1S/C28H24N4O2/c33-28(34)20-10-13-26-25(16-20)31-27(32(26)22-6-2-1-3-7-22)19-9-12-23-18(15-19)8-11-24(30-23)21-5-4-14-29-17-21/h4-5,8-17,22H,1-3,6-7H2,(H,33,34). The van der Waals surface area contributed by atoms with Crippen molar-refractivity contribution in [1.82, 2.24) is 19.5 Å². The van der Waals surface area contributed by atoms with Crippen molar-refractivity contribution in [3.8, 4) is 22.6 Å². The maximum Gasteiger partial charge on any atom is 0.335 e. The molecule has 0 radical (unpaired) electrons. The number of imidazole rings is 1. The molecule has 0 amide bonds. The van der Waals surface area contributed by atoms with Crippen LogP contribution >= 0.6 is 0 Å². The highest BCUT2D eigenvalue weighted by atomic mass is 16.4. The van der Waals surface area contributed by atoms with Crippen LogP contribution in [0.3, 0.4) is 0 Å². The third kappa shape index (κ3) is 3.61. The van der Waals surface area contributed by atoms with E-state index in [1.165, 1.54) is 19.3 Å². The van der Waals surface area contributed by atoms with Crippen molar-refractivity contribution in [3.63, 3.8) is 0 Å². The van der Waals surface area contributed by atoms with Gasteiger partial charge in [-0.25, -0.2) is 14.8 Å². The summed E-state index contributed by atoms with van der Waals surface area (Å²) >= 11 is 0. The summed E-state index contributed by atoms with van der Waals surface area (Å²) in [5.41, 5.74) is 5.80. The summed E-state index contributed by atoms with van der Waals surface area (Å²) in [6, 6.07) is 19.9. The molecule has 3 heterocycles. The Balaban J connectivity index is 1.48. The lowest BCUT2D eigenvalue weighted by Gasteiger charge is -2.25. The van der Waals surface area contributed by atoms with Crippen LogP contribution in [0.15, 0.2) is 73.1 Å². The zero-order valence-corrected chi connectivity index (χ0v) is 18.7. The van der Waals surface area contributed by atoms with E-state index in [1.807, 2.05) is 36.5 Å². The van der Waals surface area contributed by atoms with Crippen molar-refractivity contribution in [3.05, 3.63) is 78.6 Å². The van der Waals surface area contributed by atoms with E-state index >= 15 is 0 Å². The van der Waals surface area contributed by atoms with Gasteiger partial charge in [0.15, 0.2) is 0 Å². The van der Waals surface area contributed by atoms with Gasteiger partial charge in [0.25, 0.3) is 0 Å². The Bertz CT molecular complexity index is 1520. The minimum atomic E-state index is -0.933. The van der Waals surface area contributed by atoms with Crippen molar-refractivity contribution in [2.24, 2.45) is 0 Å². The first kappa shape index (κ1) is 20.5. The molecule has 1 N–H and O–H groups in total. The van der Waals surface area contributed by atoms with Crippen molar-refractivity contribution in [1.29, 1.82) is 0 Å². The molecule has 1 aliphatic rings. The average molecular weight is 449 g/mol. The number of nitrogens with zero attached hydrogens (tertiary/aromatic N) is 4. The fourth-order valence-corrected chi connectivity index (χ4v) is 5.08. The molecule has 1 aliphatic carbocycles. The average Bonchev–Trinajstić information content (AvgIpc) is 3.28. The van der Waals surface area contributed by atoms with E-state index in [9.17, 15) is 9.90 Å². The van der Waals surface area contributed by atoms with Crippen LogP contribution in [0.25, 0.3) is 44.6 Å². The number of fused-ring (bicyclic) bond motifs is 2. The van der Waals surface area contributed by atoms with Crippen LogP contribution in [-0.2, 0) is 0 Å². The Kier molecular flexibility index (Phi) is 5.06. The molecule has 0 atom stereocenters. The van der Waals surface area contributed by atoms with E-state index < -0.39 is 5.97 Å². The van der Waals surface area contributed by atoms with E-state index in [4.69, 9.17) is 9.97 Å². The Morgan fingerprint density at radius 1 is 0.882 bits per heavy atom. The molecule has 0 unspecified atom stereocenters. The first-order valence-corrected chi connectivity index (χ1v) is 11.7. The first-order chi connectivity index (χ1) is 16.7. The SMILES string of the molecule is O=C(O)c1ccc2c(c1)nc(-c1ccc3nc(-c4cccnc4)ccc3c1)n2C1CCCCC1. The Morgan fingerprint density at radius 2 is 1.76 bits per heavy atom. The highest BCUT2D eigenvalue weighted by molar-refractivity contribution is 5.94. The summed E-state index contributed by atoms with van der Waals surface area (Å²) in [4.78, 5) is 25.5. The second kappa shape index (κ2) is 8.37. The molecular formula is C28H24N4O2. The largest absolute Gasteiger partial charge is 0.478 e. The number of hydrogen-bond donors (Lipinski definition) is 1. The highest BCUT2D eigenvalue weighted by Crippen LogP contribution is 2.37. The molecule has 0 aliphatic heterocycles. The Labute approximate surface area is 196 Å². The molecule has 6 nitrogen and oxygen atoms in total. The summed E-state index contributed by atoms with van der Waals surface area (Å²) in [6.07, 6.45) is 9.48. The van der Waals surface area contributed by atoms with E-state index in [0.717, 1.165) is 57.4 Å². The minimum Gasteiger partial charge on any atom is -0.478 e. The second-order valence-corrected chi connectivity index (χ2v) is 8.95. The summed E-state index contributed by atoms with van der Waals surface area (Å²) in [7, 11) is 0. The molecular weight excluding hydrogens is 424 g/mol. The number of aromatic carboxylic acids is 1. The van der Waals surface area contributed by atoms with Gasteiger partial charge in [-0.1, -0.05) is 25.3 Å². The van der Waals surface area contributed by atoms with E-state index in [0.29, 0.717) is 6.04 Å². The van der Waals surface area contributed by atoms with E-state index in [2.05, 4.69) is 27.8 Å². The van der Waals surface area contributed by atoms with Gasteiger partial charge < -0.3 is 9.67 Å². The lowest BCUT2D eigenvalue weighted by Crippen LogP contribution is -2.14. The molecule has 34 heavy (non-hydrogen) atoms. The van der Waals surface area contributed by atoms with Crippen LogP contribution in [0.5, 0.6) is 0 Å². The fourth-order valence-electron chi connectivity index (χ4n) is 5.08. The third-order valence-corrected chi connectivity index (χ3v) is 6.78. The van der Waals surface area contributed by atoms with Crippen molar-refractivity contribution in [2.45, 2.75) is 38.1 Å². The van der Waals surface area contributed by atoms with Gasteiger partial charge in [0, 0.05) is 34.9 Å². The fraction of sp³-hybridized carbons (Fsp3) is 0.214. The van der Waals surface area contributed by atoms with Gasteiger partial charge in [0.2, 0.25) is 0 Å². The third-order valence-electron chi connectivity index (χ3n) is 6.78. The number of aromatic nitrogens is 4. The van der Waals surface area contributed by atoms with Gasteiger partial charge in [0.1, 0.15) is 5.82 Å². The molecule has 1 fully saturated rings. The van der Waals surface area contributed by atoms with Gasteiger partial charge in [-0.3, -0.25) is 4.98 Å². The molecule has 0 spiro atoms. The number of hydrogen-bond acceptors (Lipinski definition) is 4. The summed E-state index contributed by atoms with van der Waals surface area (Å²) in [5.74, 6) is -0.0421. The van der Waals surface area contributed by atoms with Crippen molar-refractivity contribution >= 4 is 27.9 Å². The van der Waals surface area contributed by atoms with Crippen LogP contribution in [0.1, 0.15) is 48.5 Å². The van der Waals surface area contributed by atoms with Gasteiger partial charge in [-0.15, -0.1) is 0 Å². The molecule has 6 rings (SSSR count). The molecule has 2 aromatic carbocycles. The Hall–Kier alpha value is -4.06. The molecule has 1 saturated carbocycles. The topological polar surface area (TPSA) is 80.9 Å².